The fraction of sp³-hybridized carbons (Fsp3) is 0.231. The number of nitriles is 1. The molecule has 0 saturated carbocycles. The standard InChI is InChI=1S/C13H9F3N4O/c1-8-11(19-21)12(13(14,15)16)20(18-8)7-10-4-2-9(6-17)3-5-10/h2-5H,7H2,1H3/p+1. The van der Waals surface area contributed by atoms with E-state index in [1.807, 2.05) is 6.07 Å². The molecule has 0 fully saturated rings. The zero-order chi connectivity index (χ0) is 15.6. The molecule has 1 aromatic carbocycles. The molecule has 108 valence electrons. The minimum Gasteiger partial charge on any atom is -0.192 e. The minimum absolute atomic E-state index is 0.0472. The second-order valence-corrected chi connectivity index (χ2v) is 4.42. The van der Waals surface area contributed by atoms with Gasteiger partial charge in [0.15, 0.2) is 6.54 Å². The summed E-state index contributed by atoms with van der Waals surface area (Å²) in [5.41, 5.74) is -0.734. The maximum absolute atomic E-state index is 13.0. The zero-order valence-corrected chi connectivity index (χ0v) is 10.9. The molecule has 8 heteroatoms. The van der Waals surface area contributed by atoms with Crippen molar-refractivity contribution >= 4 is 5.69 Å². The van der Waals surface area contributed by atoms with Crippen LogP contribution in [0.4, 0.5) is 18.9 Å². The summed E-state index contributed by atoms with van der Waals surface area (Å²) in [7, 11) is 0. The van der Waals surface area contributed by atoms with Gasteiger partial charge in [-0.05, 0) is 24.2 Å². The van der Waals surface area contributed by atoms with Crippen LogP contribution in [0.25, 0.3) is 0 Å². The number of aromatic nitrogens is 2. The highest BCUT2D eigenvalue weighted by Gasteiger charge is 2.47. The lowest BCUT2D eigenvalue weighted by molar-refractivity contribution is -0.758. The second kappa shape index (κ2) is 5.36. The Balaban J connectivity index is 2.44. The lowest BCUT2D eigenvalue weighted by atomic mass is 10.1. The van der Waals surface area contributed by atoms with Crippen LogP contribution in [0.5, 0.6) is 0 Å². The highest BCUT2D eigenvalue weighted by molar-refractivity contribution is 5.44. The van der Waals surface area contributed by atoms with E-state index < -0.39 is 17.6 Å². The molecule has 0 aliphatic carbocycles. The fourth-order valence-electron chi connectivity index (χ4n) is 2.00. The molecule has 0 spiro atoms. The van der Waals surface area contributed by atoms with Gasteiger partial charge in [-0.15, -0.1) is 4.91 Å². The number of hydrogen-bond donors (Lipinski definition) is 1. The molecule has 0 amide bonds. The Morgan fingerprint density at radius 2 is 1.95 bits per heavy atom. The predicted molar refractivity (Wildman–Crippen MR) is 66.4 cm³/mol. The molecule has 1 aromatic heterocycles. The van der Waals surface area contributed by atoms with Gasteiger partial charge in [-0.25, -0.2) is 0 Å². The van der Waals surface area contributed by atoms with Crippen LogP contribution in [0.2, 0.25) is 0 Å². The van der Waals surface area contributed by atoms with Gasteiger partial charge < -0.3 is 0 Å². The Labute approximate surface area is 117 Å². The Morgan fingerprint density at radius 1 is 1.33 bits per heavy atom. The quantitative estimate of drug-likeness (QED) is 0.698. The summed E-state index contributed by atoms with van der Waals surface area (Å²) in [6, 6.07) is 8.05. The maximum Gasteiger partial charge on any atom is 0.482 e. The maximum atomic E-state index is 13.0. The number of halogens is 3. The Morgan fingerprint density at radius 3 is 2.43 bits per heavy atom. The number of nitroso groups, excluding NO2 is 1. The normalized spacial score (nSPS) is 11.2. The summed E-state index contributed by atoms with van der Waals surface area (Å²) in [5, 5.41) is 13.6. The molecule has 1 heterocycles. The van der Waals surface area contributed by atoms with Crippen molar-refractivity contribution < 1.29 is 17.9 Å². The van der Waals surface area contributed by atoms with Crippen molar-refractivity contribution in [1.29, 1.82) is 5.26 Å². The second-order valence-electron chi connectivity index (χ2n) is 4.42. The van der Waals surface area contributed by atoms with Gasteiger partial charge >= 0.3 is 11.9 Å². The largest absolute Gasteiger partial charge is 0.482 e. The molecule has 21 heavy (non-hydrogen) atoms. The number of rotatable bonds is 3. The van der Waals surface area contributed by atoms with E-state index in [4.69, 9.17) is 5.26 Å². The predicted octanol–water partition coefficient (Wildman–Crippen LogP) is 2.95. The number of nitrogens with one attached hydrogen (secondary N) is 1. The van der Waals surface area contributed by atoms with Crippen molar-refractivity contribution in [3.05, 3.63) is 51.7 Å². The van der Waals surface area contributed by atoms with Gasteiger partial charge in [-0.1, -0.05) is 16.8 Å². The molecular weight excluding hydrogens is 285 g/mol. The Bertz CT molecular complexity index is 711. The van der Waals surface area contributed by atoms with Gasteiger partial charge in [-0.3, -0.25) is 0 Å². The number of hydrogen-bond acceptors (Lipinski definition) is 3. The van der Waals surface area contributed by atoms with E-state index in [2.05, 4.69) is 10.3 Å². The van der Waals surface area contributed by atoms with E-state index in [9.17, 15) is 18.1 Å². The molecule has 0 bridgehead atoms. The summed E-state index contributed by atoms with van der Waals surface area (Å²) in [6.45, 7) is 1.23. The third-order valence-corrected chi connectivity index (χ3v) is 2.94. The third kappa shape index (κ3) is 2.91. The molecule has 2 rings (SSSR count). The first-order valence-corrected chi connectivity index (χ1v) is 5.89. The Hall–Kier alpha value is -2.69. The lowest BCUT2D eigenvalue weighted by Crippen LogP contribution is -2.43. The molecule has 0 unspecified atom stereocenters. The van der Waals surface area contributed by atoms with Gasteiger partial charge in [0.2, 0.25) is 5.69 Å². The molecule has 5 nitrogen and oxygen atoms in total. The number of benzene rings is 1. The summed E-state index contributed by atoms with van der Waals surface area (Å²) in [5.74, 6) is 0. The van der Waals surface area contributed by atoms with Crippen LogP contribution >= 0.6 is 0 Å². The first-order valence-electron chi connectivity index (χ1n) is 5.89. The molecule has 0 atom stereocenters. The SMILES string of the molecule is Cc1[nH][n+](Cc2ccc(C#N)cc2)c(C(F)(F)F)c1N=O. The van der Waals surface area contributed by atoms with Crippen molar-refractivity contribution in [1.82, 2.24) is 5.10 Å². The minimum atomic E-state index is -4.69. The fourth-order valence-corrected chi connectivity index (χ4v) is 2.00. The van der Waals surface area contributed by atoms with Gasteiger partial charge in [-0.2, -0.15) is 23.5 Å². The first-order chi connectivity index (χ1) is 9.86. The lowest BCUT2D eigenvalue weighted by Gasteiger charge is -2.02. The number of aryl methyl sites for hydroxylation is 1. The molecule has 1 N–H and O–H groups in total. The first kappa shape index (κ1) is 14.7. The smallest absolute Gasteiger partial charge is 0.192 e. The van der Waals surface area contributed by atoms with Gasteiger partial charge in [0.05, 0.1) is 11.6 Å². The topological polar surface area (TPSA) is 72.9 Å². The summed E-state index contributed by atoms with van der Waals surface area (Å²) in [4.78, 5) is 10.6. The van der Waals surface area contributed by atoms with Crippen molar-refractivity contribution in [2.75, 3.05) is 0 Å². The monoisotopic (exact) mass is 295 g/mol. The van der Waals surface area contributed by atoms with E-state index >= 15 is 0 Å². The molecule has 2 aromatic rings. The average Bonchev–Trinajstić information content (AvgIpc) is 2.75. The van der Waals surface area contributed by atoms with Crippen LogP contribution in [-0.2, 0) is 12.7 Å². The summed E-state index contributed by atoms with van der Waals surface area (Å²) >= 11 is 0. The van der Waals surface area contributed by atoms with E-state index in [1.54, 1.807) is 12.1 Å². The molecule has 0 aliphatic rings. The summed E-state index contributed by atoms with van der Waals surface area (Å²) in [6.07, 6.45) is -4.69. The Kier molecular flexibility index (Phi) is 3.76. The van der Waals surface area contributed by atoms with Crippen molar-refractivity contribution in [2.45, 2.75) is 19.6 Å². The van der Waals surface area contributed by atoms with Crippen molar-refractivity contribution in [3.8, 4) is 6.07 Å². The van der Waals surface area contributed by atoms with Gasteiger partial charge in [0.25, 0.3) is 0 Å². The molecule has 0 saturated heterocycles. The van der Waals surface area contributed by atoms with E-state index in [-0.39, 0.29) is 12.2 Å². The third-order valence-electron chi connectivity index (χ3n) is 2.94. The highest BCUT2D eigenvalue weighted by Crippen LogP contribution is 2.35. The van der Waals surface area contributed by atoms with E-state index in [0.717, 1.165) is 4.68 Å². The highest BCUT2D eigenvalue weighted by atomic mass is 19.4. The number of H-pyrrole nitrogens is 1. The molecule has 0 aliphatic heterocycles. The van der Waals surface area contributed by atoms with Crippen LogP contribution in [0.15, 0.2) is 29.4 Å². The summed E-state index contributed by atoms with van der Waals surface area (Å²) < 4.78 is 40.0. The average molecular weight is 295 g/mol. The number of alkyl halides is 3. The van der Waals surface area contributed by atoms with Crippen LogP contribution < -0.4 is 4.68 Å². The van der Waals surface area contributed by atoms with Crippen LogP contribution in [0, 0.1) is 23.2 Å². The van der Waals surface area contributed by atoms with Crippen molar-refractivity contribution in [2.24, 2.45) is 5.18 Å². The van der Waals surface area contributed by atoms with Gasteiger partial charge in [0, 0.05) is 5.56 Å². The van der Waals surface area contributed by atoms with E-state index in [1.165, 1.54) is 19.1 Å². The molecule has 0 radical (unpaired) electrons. The number of nitrogens with zero attached hydrogens (tertiary/aromatic N) is 3. The zero-order valence-electron chi connectivity index (χ0n) is 10.9. The van der Waals surface area contributed by atoms with Crippen LogP contribution in [0.3, 0.4) is 0 Å². The van der Waals surface area contributed by atoms with Gasteiger partial charge in [0.1, 0.15) is 5.69 Å². The van der Waals surface area contributed by atoms with Crippen LogP contribution in [-0.4, -0.2) is 5.10 Å². The van der Waals surface area contributed by atoms with E-state index in [0.29, 0.717) is 11.1 Å². The number of aromatic amines is 1. The van der Waals surface area contributed by atoms with Crippen LogP contribution in [0.1, 0.15) is 22.5 Å². The molecular formula is C13H10F3N4O+. The van der Waals surface area contributed by atoms with Crippen molar-refractivity contribution in [3.63, 3.8) is 0 Å².